The van der Waals surface area contributed by atoms with Crippen LogP contribution >= 0.6 is 0 Å². The Morgan fingerprint density at radius 2 is 1.36 bits per heavy atom. The molecule has 5 rings (SSSR count). The van der Waals surface area contributed by atoms with Crippen molar-refractivity contribution in [2.45, 2.75) is 46.8 Å². The fraction of sp³-hybridized carbons (Fsp3) is 0.324. The molecule has 4 aromatic carbocycles. The first-order valence-corrected chi connectivity index (χ1v) is 15.4. The normalized spacial score (nSPS) is 13.7. The molecule has 0 radical (unpaired) electrons. The van der Waals surface area contributed by atoms with Gasteiger partial charge in [0.1, 0.15) is 5.82 Å². The van der Waals surface area contributed by atoms with Gasteiger partial charge in [-0.15, -0.1) is 0 Å². The van der Waals surface area contributed by atoms with Crippen LogP contribution in [-0.2, 0) is 24.4 Å². The molecule has 4 N–H and O–H groups in total. The van der Waals surface area contributed by atoms with E-state index in [0.29, 0.717) is 26.1 Å². The number of carbonyl (C=O) groups excluding carboxylic acids is 1. The van der Waals surface area contributed by atoms with E-state index in [1.165, 1.54) is 12.1 Å². The minimum Gasteiger partial charge on any atom is -0.397 e. The summed E-state index contributed by atoms with van der Waals surface area (Å²) in [5.74, 6) is -0.0834. The number of nitrogens with two attached hydrogens (primary N) is 2. The molecule has 0 aromatic heterocycles. The number of hydrogen-bond donors (Lipinski definition) is 2. The maximum atomic E-state index is 13.5. The first kappa shape index (κ1) is 31.1. The number of nitrogens with zero attached hydrogens (tertiary/aromatic N) is 3. The lowest BCUT2D eigenvalue weighted by molar-refractivity contribution is -0.134. The number of halogens is 1. The lowest BCUT2D eigenvalue weighted by atomic mass is 9.91. The van der Waals surface area contributed by atoms with Gasteiger partial charge in [-0.05, 0) is 75.7 Å². The first-order valence-electron chi connectivity index (χ1n) is 15.4. The number of benzene rings is 4. The zero-order chi connectivity index (χ0) is 31.3. The Hall–Kier alpha value is -4.36. The molecule has 7 heteroatoms. The second-order valence-electron chi connectivity index (χ2n) is 12.9. The monoisotopic (exact) mass is 593 g/mol. The van der Waals surface area contributed by atoms with Crippen LogP contribution in [0.5, 0.6) is 0 Å². The molecule has 1 aliphatic heterocycles. The lowest BCUT2D eigenvalue weighted by Gasteiger charge is -2.38. The van der Waals surface area contributed by atoms with Gasteiger partial charge in [0.2, 0.25) is 5.91 Å². The van der Waals surface area contributed by atoms with Gasteiger partial charge in [0.25, 0.3) is 0 Å². The van der Waals surface area contributed by atoms with E-state index < -0.39 is 0 Å². The van der Waals surface area contributed by atoms with Crippen molar-refractivity contribution < 1.29 is 9.18 Å². The van der Waals surface area contributed by atoms with Gasteiger partial charge in [0.05, 0.1) is 11.4 Å². The first-order chi connectivity index (χ1) is 21.1. The van der Waals surface area contributed by atoms with E-state index in [0.717, 1.165) is 71.1 Å². The highest BCUT2D eigenvalue weighted by atomic mass is 19.1. The zero-order valence-corrected chi connectivity index (χ0v) is 26.1. The molecule has 0 unspecified atom stereocenters. The Bertz CT molecular complexity index is 1570. The van der Waals surface area contributed by atoms with Crippen LogP contribution in [0.25, 0.3) is 11.1 Å². The third-order valence-corrected chi connectivity index (χ3v) is 8.11. The summed E-state index contributed by atoms with van der Waals surface area (Å²) in [6, 6.07) is 29.5. The summed E-state index contributed by atoms with van der Waals surface area (Å²) in [5, 5.41) is 0. The van der Waals surface area contributed by atoms with Crippen molar-refractivity contribution in [3.8, 4) is 11.1 Å². The van der Waals surface area contributed by atoms with Crippen molar-refractivity contribution in [1.29, 1.82) is 0 Å². The van der Waals surface area contributed by atoms with Crippen molar-refractivity contribution in [1.82, 2.24) is 4.90 Å². The molecule has 1 saturated heterocycles. The number of nitrogen functional groups attached to an aromatic ring is 1. The SMILES string of the molecule is CC(C)(C)CC(=O)N(Cc1cccc(CN)c1)Cc1cccc(-c2ccc(N3CCN(c4ccc(F)cc4)CC3)c(N)c2)c1. The molecule has 1 fully saturated rings. The van der Waals surface area contributed by atoms with Crippen LogP contribution in [0, 0.1) is 11.2 Å². The molecule has 0 atom stereocenters. The molecule has 1 amide bonds. The van der Waals surface area contributed by atoms with E-state index in [1.54, 1.807) is 0 Å². The molecule has 6 nitrogen and oxygen atoms in total. The number of rotatable bonds is 9. The van der Waals surface area contributed by atoms with Crippen LogP contribution < -0.4 is 21.3 Å². The molecule has 0 saturated carbocycles. The molecule has 44 heavy (non-hydrogen) atoms. The third-order valence-electron chi connectivity index (χ3n) is 8.11. The quantitative estimate of drug-likeness (QED) is 0.208. The molecule has 4 aromatic rings. The average Bonchev–Trinajstić information content (AvgIpc) is 3.01. The minimum absolute atomic E-state index is 0.108. The van der Waals surface area contributed by atoms with Crippen LogP contribution in [0.15, 0.2) is 91.0 Å². The maximum Gasteiger partial charge on any atom is 0.223 e. The summed E-state index contributed by atoms with van der Waals surface area (Å²) in [6.07, 6.45) is 0.472. The molecular formula is C37H44FN5O. The van der Waals surface area contributed by atoms with Crippen LogP contribution in [-0.4, -0.2) is 37.0 Å². The third kappa shape index (κ3) is 7.97. The van der Waals surface area contributed by atoms with E-state index in [-0.39, 0.29) is 17.1 Å². The Balaban J connectivity index is 1.30. The van der Waals surface area contributed by atoms with Crippen molar-refractivity contribution >= 4 is 23.0 Å². The van der Waals surface area contributed by atoms with E-state index >= 15 is 0 Å². The summed E-state index contributed by atoms with van der Waals surface area (Å²) in [5.41, 5.74) is 20.5. The van der Waals surface area contributed by atoms with E-state index in [4.69, 9.17) is 11.5 Å². The highest BCUT2D eigenvalue weighted by molar-refractivity contribution is 5.78. The van der Waals surface area contributed by atoms with Gasteiger partial charge in [-0.1, -0.05) is 69.3 Å². The van der Waals surface area contributed by atoms with E-state index in [1.807, 2.05) is 41.3 Å². The molecule has 0 spiro atoms. The molecular weight excluding hydrogens is 549 g/mol. The summed E-state index contributed by atoms with van der Waals surface area (Å²) < 4.78 is 13.3. The average molecular weight is 594 g/mol. The predicted octanol–water partition coefficient (Wildman–Crippen LogP) is 6.83. The van der Waals surface area contributed by atoms with Crippen molar-refractivity contribution in [3.63, 3.8) is 0 Å². The number of carbonyl (C=O) groups is 1. The molecule has 0 aliphatic carbocycles. The second kappa shape index (κ2) is 13.5. The van der Waals surface area contributed by atoms with Crippen molar-refractivity contribution in [2.24, 2.45) is 11.1 Å². The molecule has 230 valence electrons. The fourth-order valence-corrected chi connectivity index (χ4v) is 5.82. The van der Waals surface area contributed by atoms with Crippen LogP contribution in [0.4, 0.5) is 21.5 Å². The number of hydrogen-bond acceptors (Lipinski definition) is 5. The van der Waals surface area contributed by atoms with E-state index in [2.05, 4.69) is 73.0 Å². The van der Waals surface area contributed by atoms with Gasteiger partial charge < -0.3 is 26.2 Å². The highest BCUT2D eigenvalue weighted by Crippen LogP contribution is 2.32. The van der Waals surface area contributed by atoms with Gasteiger partial charge in [-0.3, -0.25) is 4.79 Å². The molecule has 0 bridgehead atoms. The van der Waals surface area contributed by atoms with Gasteiger partial charge in [-0.25, -0.2) is 4.39 Å². The Labute approximate surface area is 261 Å². The summed E-state index contributed by atoms with van der Waals surface area (Å²) in [4.78, 5) is 20.0. The summed E-state index contributed by atoms with van der Waals surface area (Å²) >= 11 is 0. The standard InChI is InChI=1S/C37H44FN5O/c1-37(2,3)23-36(44)43(25-28-7-4-6-27(20-28)24-39)26-29-8-5-9-30(21-29)31-10-15-35(34(40)22-31)42-18-16-41(17-19-42)33-13-11-32(38)12-14-33/h4-15,20-22H,16-19,23-26,39-40H2,1-3H3. The second-order valence-corrected chi connectivity index (χ2v) is 12.9. The van der Waals surface area contributed by atoms with Gasteiger partial charge in [0, 0.05) is 57.9 Å². The Kier molecular flexibility index (Phi) is 9.55. The largest absolute Gasteiger partial charge is 0.397 e. The van der Waals surface area contributed by atoms with Crippen LogP contribution in [0.3, 0.4) is 0 Å². The van der Waals surface area contributed by atoms with Crippen LogP contribution in [0.2, 0.25) is 0 Å². The molecule has 1 heterocycles. The minimum atomic E-state index is -0.217. The van der Waals surface area contributed by atoms with Crippen molar-refractivity contribution in [3.05, 3.63) is 114 Å². The summed E-state index contributed by atoms with van der Waals surface area (Å²) in [6.45, 7) is 11.2. The summed E-state index contributed by atoms with van der Waals surface area (Å²) in [7, 11) is 0. The highest BCUT2D eigenvalue weighted by Gasteiger charge is 2.23. The van der Waals surface area contributed by atoms with Crippen LogP contribution in [0.1, 0.15) is 43.9 Å². The Morgan fingerprint density at radius 1 is 0.773 bits per heavy atom. The number of amides is 1. The predicted molar refractivity (Wildman–Crippen MR) is 180 cm³/mol. The lowest BCUT2D eigenvalue weighted by Crippen LogP contribution is -2.46. The maximum absolute atomic E-state index is 13.5. The number of anilines is 3. The van der Waals surface area contributed by atoms with Gasteiger partial charge in [0.15, 0.2) is 0 Å². The number of piperazine rings is 1. The van der Waals surface area contributed by atoms with E-state index in [9.17, 15) is 9.18 Å². The van der Waals surface area contributed by atoms with Gasteiger partial charge in [-0.2, -0.15) is 0 Å². The molecule has 1 aliphatic rings. The zero-order valence-electron chi connectivity index (χ0n) is 26.1. The smallest absolute Gasteiger partial charge is 0.223 e. The van der Waals surface area contributed by atoms with Crippen molar-refractivity contribution in [2.75, 3.05) is 41.7 Å². The van der Waals surface area contributed by atoms with Gasteiger partial charge >= 0.3 is 0 Å². The fourth-order valence-electron chi connectivity index (χ4n) is 5.82. The topological polar surface area (TPSA) is 78.8 Å². The Morgan fingerprint density at radius 3 is 2.00 bits per heavy atom.